The number of aromatic nitrogens is 4. The molecule has 0 fully saturated rings. The summed E-state index contributed by atoms with van der Waals surface area (Å²) in [5, 5.41) is 1.14. The van der Waals surface area contributed by atoms with Crippen molar-refractivity contribution in [1.82, 2.24) is 19.5 Å². The molecular weight excluding hydrogens is 531 g/mol. The number of hydrogen-bond donors (Lipinski definition) is 1. The highest BCUT2D eigenvalue weighted by Gasteiger charge is 2.33. The highest BCUT2D eigenvalue weighted by molar-refractivity contribution is 8.00. The number of halogens is 3. The quantitative estimate of drug-likeness (QED) is 0.201. The first-order valence-electron chi connectivity index (χ1n) is 12.5. The van der Waals surface area contributed by atoms with Gasteiger partial charge in [-0.2, -0.15) is 13.2 Å². The number of rotatable bonds is 7. The van der Waals surface area contributed by atoms with E-state index in [0.717, 1.165) is 51.4 Å². The molecule has 0 atom stereocenters. The number of para-hydroxylation sites is 1. The van der Waals surface area contributed by atoms with Crippen molar-refractivity contribution in [2.24, 2.45) is 0 Å². The Balaban J connectivity index is 1.27. The maximum absolute atomic E-state index is 13.4. The molecule has 3 aromatic carbocycles. The van der Waals surface area contributed by atoms with E-state index in [0.29, 0.717) is 18.1 Å². The Labute approximate surface area is 232 Å². The molecule has 0 unspecified atom stereocenters. The Kier molecular flexibility index (Phi) is 6.96. The maximum Gasteiger partial charge on any atom is 0.417 e. The topological polar surface area (TPSA) is 55.6 Å². The van der Waals surface area contributed by atoms with Crippen molar-refractivity contribution in [3.63, 3.8) is 0 Å². The molecule has 198 valence electrons. The lowest BCUT2D eigenvalue weighted by Gasteiger charge is -2.14. The smallest absolute Gasteiger partial charge is 0.335 e. The fourth-order valence-electron chi connectivity index (χ4n) is 4.57. The van der Waals surface area contributed by atoms with Gasteiger partial charge in [0.2, 0.25) is 0 Å². The normalized spacial score (nSPS) is 11.6. The molecule has 0 aliphatic rings. The van der Waals surface area contributed by atoms with Crippen molar-refractivity contribution in [3.8, 4) is 22.6 Å². The van der Waals surface area contributed by atoms with Gasteiger partial charge in [-0.25, -0.2) is 4.98 Å². The second kappa shape index (κ2) is 10.9. The Morgan fingerprint density at radius 3 is 2.30 bits per heavy atom. The molecule has 0 saturated heterocycles. The van der Waals surface area contributed by atoms with Gasteiger partial charge >= 0.3 is 6.18 Å². The van der Waals surface area contributed by atoms with Crippen molar-refractivity contribution < 1.29 is 13.2 Å². The van der Waals surface area contributed by atoms with E-state index in [4.69, 9.17) is 0 Å². The van der Waals surface area contributed by atoms with Crippen LogP contribution >= 0.6 is 11.9 Å². The molecule has 6 aromatic rings. The largest absolute Gasteiger partial charge is 0.417 e. The number of hydrogen-bond acceptors (Lipinski definition) is 5. The lowest BCUT2D eigenvalue weighted by atomic mass is 10.1. The first-order chi connectivity index (χ1) is 19.5. The fourth-order valence-corrected chi connectivity index (χ4v) is 5.37. The minimum Gasteiger partial charge on any atom is -0.335 e. The van der Waals surface area contributed by atoms with Crippen LogP contribution in [0.2, 0.25) is 0 Å². The molecule has 3 aromatic heterocycles. The Morgan fingerprint density at radius 2 is 1.50 bits per heavy atom. The van der Waals surface area contributed by atoms with Crippen LogP contribution < -0.4 is 4.72 Å². The molecule has 0 aliphatic carbocycles. The minimum absolute atomic E-state index is 0.0598. The molecule has 1 N–H and O–H groups in total. The average molecular weight is 554 g/mol. The van der Waals surface area contributed by atoms with Gasteiger partial charge in [-0.3, -0.25) is 9.97 Å². The van der Waals surface area contributed by atoms with E-state index in [2.05, 4.69) is 42.4 Å². The van der Waals surface area contributed by atoms with Gasteiger partial charge in [0.1, 0.15) is 5.69 Å². The lowest BCUT2D eigenvalue weighted by Crippen LogP contribution is -2.07. The Bertz CT molecular complexity index is 1770. The van der Waals surface area contributed by atoms with Crippen LogP contribution in [0.4, 0.5) is 19.0 Å². The zero-order chi connectivity index (χ0) is 27.5. The van der Waals surface area contributed by atoms with Gasteiger partial charge in [0.05, 0.1) is 17.0 Å². The summed E-state index contributed by atoms with van der Waals surface area (Å²) in [6, 6.07) is 29.7. The molecule has 40 heavy (non-hydrogen) atoms. The summed E-state index contributed by atoms with van der Waals surface area (Å²) in [5.41, 5.74) is 4.76. The van der Waals surface area contributed by atoms with Crippen molar-refractivity contribution in [3.05, 3.63) is 127 Å². The highest BCUT2D eigenvalue weighted by Crippen LogP contribution is 2.37. The van der Waals surface area contributed by atoms with Crippen LogP contribution in [-0.2, 0) is 12.7 Å². The highest BCUT2D eigenvalue weighted by atomic mass is 32.2. The van der Waals surface area contributed by atoms with E-state index in [9.17, 15) is 13.2 Å². The number of pyridine rings is 1. The monoisotopic (exact) mass is 553 g/mol. The van der Waals surface area contributed by atoms with Crippen LogP contribution in [0.3, 0.4) is 0 Å². The standard InChI is InChI=1S/C31H22F3N5S/c32-31(33,34)24-8-2-4-11-28(24)40-38-30-29(36-17-18-37-30)22-14-12-21(13-15-22)20-39-26-10-3-1-7-23(26)19-27(39)25-9-5-6-16-35-25/h1-19H,20H2,(H,37,38). The summed E-state index contributed by atoms with van der Waals surface area (Å²) in [7, 11) is 0. The molecule has 9 heteroatoms. The Morgan fingerprint density at radius 1 is 0.750 bits per heavy atom. The number of fused-ring (bicyclic) bond motifs is 1. The number of nitrogens with zero attached hydrogens (tertiary/aromatic N) is 4. The molecule has 3 heterocycles. The molecule has 0 bridgehead atoms. The van der Waals surface area contributed by atoms with Crippen LogP contribution in [0.5, 0.6) is 0 Å². The maximum atomic E-state index is 13.4. The van der Waals surface area contributed by atoms with Crippen molar-refractivity contribution >= 4 is 28.7 Å². The van der Waals surface area contributed by atoms with E-state index in [1.807, 2.05) is 54.6 Å². The number of benzene rings is 3. The second-order valence-corrected chi connectivity index (χ2v) is 9.89. The van der Waals surface area contributed by atoms with Crippen LogP contribution in [0.15, 0.2) is 121 Å². The van der Waals surface area contributed by atoms with Crippen molar-refractivity contribution in [2.75, 3.05) is 4.72 Å². The molecule has 0 saturated carbocycles. The lowest BCUT2D eigenvalue weighted by molar-refractivity contribution is -0.139. The third-order valence-electron chi connectivity index (χ3n) is 6.45. The summed E-state index contributed by atoms with van der Waals surface area (Å²) in [4.78, 5) is 13.4. The fraction of sp³-hybridized carbons (Fsp3) is 0.0645. The second-order valence-electron chi connectivity index (χ2n) is 9.04. The molecule has 0 aliphatic heterocycles. The Hall–Kier alpha value is -4.63. The SMILES string of the molecule is FC(F)(F)c1ccccc1SNc1nccnc1-c1ccc(Cn2c(-c3ccccn3)cc3ccccc32)cc1. The molecule has 0 spiro atoms. The van der Waals surface area contributed by atoms with Gasteiger partial charge in [-0.05, 0) is 53.9 Å². The van der Waals surface area contributed by atoms with Gasteiger partial charge in [-0.15, -0.1) is 0 Å². The van der Waals surface area contributed by atoms with Crippen LogP contribution in [0.25, 0.3) is 33.5 Å². The third-order valence-corrected chi connectivity index (χ3v) is 7.33. The van der Waals surface area contributed by atoms with Crippen LogP contribution in [0.1, 0.15) is 11.1 Å². The predicted molar refractivity (Wildman–Crippen MR) is 153 cm³/mol. The van der Waals surface area contributed by atoms with Crippen LogP contribution in [0, 0.1) is 0 Å². The first kappa shape index (κ1) is 25.6. The molecule has 0 amide bonds. The number of anilines is 1. The van der Waals surface area contributed by atoms with Crippen molar-refractivity contribution in [1.29, 1.82) is 0 Å². The minimum atomic E-state index is -4.45. The third kappa shape index (κ3) is 5.28. The van der Waals surface area contributed by atoms with Gasteiger partial charge in [-0.1, -0.05) is 60.7 Å². The zero-order valence-corrected chi connectivity index (χ0v) is 21.8. The van der Waals surface area contributed by atoms with E-state index >= 15 is 0 Å². The van der Waals surface area contributed by atoms with Gasteiger partial charge in [0.25, 0.3) is 0 Å². The van der Waals surface area contributed by atoms with Gasteiger partial charge < -0.3 is 9.29 Å². The number of nitrogens with one attached hydrogen (secondary N) is 1. The summed E-state index contributed by atoms with van der Waals surface area (Å²) >= 11 is 0.861. The molecular formula is C31H22F3N5S. The average Bonchev–Trinajstić information content (AvgIpc) is 3.35. The molecule has 0 radical (unpaired) electrons. The summed E-state index contributed by atoms with van der Waals surface area (Å²) in [6.07, 6.45) is 0.410. The van der Waals surface area contributed by atoms with E-state index in [-0.39, 0.29) is 4.90 Å². The van der Waals surface area contributed by atoms with E-state index in [1.54, 1.807) is 18.5 Å². The zero-order valence-electron chi connectivity index (χ0n) is 21.0. The summed E-state index contributed by atoms with van der Waals surface area (Å²) in [5.74, 6) is 0.381. The summed E-state index contributed by atoms with van der Waals surface area (Å²) < 4.78 is 45.5. The van der Waals surface area contributed by atoms with Crippen molar-refractivity contribution in [2.45, 2.75) is 17.6 Å². The van der Waals surface area contributed by atoms with Gasteiger partial charge in [0.15, 0.2) is 5.82 Å². The molecule has 5 nitrogen and oxygen atoms in total. The van der Waals surface area contributed by atoms with E-state index < -0.39 is 11.7 Å². The summed E-state index contributed by atoms with van der Waals surface area (Å²) in [6.45, 7) is 0.634. The molecule has 6 rings (SSSR count). The van der Waals surface area contributed by atoms with E-state index in [1.165, 1.54) is 18.3 Å². The number of alkyl halides is 3. The van der Waals surface area contributed by atoms with Crippen LogP contribution in [-0.4, -0.2) is 19.5 Å². The first-order valence-corrected chi connectivity index (χ1v) is 13.3. The van der Waals surface area contributed by atoms with Gasteiger partial charge in [0, 0.05) is 46.5 Å². The predicted octanol–water partition coefficient (Wildman–Crippen LogP) is 8.35.